The van der Waals surface area contributed by atoms with Crippen molar-refractivity contribution < 1.29 is 0 Å². The van der Waals surface area contributed by atoms with Gasteiger partial charge in [-0.05, 0) is 30.7 Å². The van der Waals surface area contributed by atoms with E-state index in [1.54, 1.807) is 0 Å². The van der Waals surface area contributed by atoms with Crippen LogP contribution in [0, 0.1) is 0 Å². The van der Waals surface area contributed by atoms with E-state index in [-0.39, 0.29) is 0 Å². The Balaban J connectivity index is 2.32. The van der Waals surface area contributed by atoms with Crippen molar-refractivity contribution in [3.05, 3.63) is 42.5 Å². The largest absolute Gasteiger partial charge is 0.399 e. The zero-order chi connectivity index (χ0) is 9.52. The Bertz CT molecular complexity index is 269. The Morgan fingerprint density at radius 1 is 1.46 bits per heavy atom. The molecule has 1 aromatic rings. The lowest BCUT2D eigenvalue weighted by atomic mass is 10.2. The molecule has 0 unspecified atom stereocenters. The van der Waals surface area contributed by atoms with Crippen molar-refractivity contribution in [3.63, 3.8) is 0 Å². The molecule has 0 saturated heterocycles. The number of nitrogens with one attached hydrogen (secondary N) is 1. The monoisotopic (exact) mass is 176 g/mol. The average molecular weight is 176 g/mol. The smallest absolute Gasteiger partial charge is 0.0317 e. The molecule has 70 valence electrons. The van der Waals surface area contributed by atoms with E-state index in [4.69, 9.17) is 5.73 Å². The predicted molar refractivity (Wildman–Crippen MR) is 57.4 cm³/mol. The molecule has 0 radical (unpaired) electrons. The van der Waals surface area contributed by atoms with Gasteiger partial charge in [-0.2, -0.15) is 0 Å². The molecular weight excluding hydrogens is 160 g/mol. The highest BCUT2D eigenvalue weighted by molar-refractivity contribution is 5.40. The molecule has 0 amide bonds. The molecule has 0 fully saturated rings. The first-order valence-electron chi connectivity index (χ1n) is 4.49. The van der Waals surface area contributed by atoms with E-state index in [2.05, 4.69) is 18.0 Å². The van der Waals surface area contributed by atoms with Crippen molar-refractivity contribution in [2.24, 2.45) is 0 Å². The number of hydrogen-bond acceptors (Lipinski definition) is 2. The van der Waals surface area contributed by atoms with Crippen molar-refractivity contribution >= 4 is 5.69 Å². The standard InChI is InChI=1S/C11H16N2/c1-2-3-7-13-9-10-5-4-6-11(12)8-10/h2,4-6,8,13H,1,3,7,9,12H2. The van der Waals surface area contributed by atoms with Gasteiger partial charge < -0.3 is 11.1 Å². The summed E-state index contributed by atoms with van der Waals surface area (Å²) in [4.78, 5) is 0. The molecule has 0 atom stereocenters. The van der Waals surface area contributed by atoms with Crippen LogP contribution in [0.2, 0.25) is 0 Å². The van der Waals surface area contributed by atoms with Gasteiger partial charge in [0.25, 0.3) is 0 Å². The summed E-state index contributed by atoms with van der Waals surface area (Å²) < 4.78 is 0. The van der Waals surface area contributed by atoms with E-state index in [0.29, 0.717) is 0 Å². The SMILES string of the molecule is C=CCCNCc1cccc(N)c1. The summed E-state index contributed by atoms with van der Waals surface area (Å²) in [6, 6.07) is 7.92. The van der Waals surface area contributed by atoms with Crippen molar-refractivity contribution in [2.75, 3.05) is 12.3 Å². The Morgan fingerprint density at radius 3 is 3.00 bits per heavy atom. The lowest BCUT2D eigenvalue weighted by molar-refractivity contribution is 0.696. The molecule has 0 aliphatic rings. The van der Waals surface area contributed by atoms with Crippen LogP contribution >= 0.6 is 0 Å². The minimum absolute atomic E-state index is 0.822. The predicted octanol–water partition coefficient (Wildman–Crippen LogP) is 1.93. The average Bonchev–Trinajstić information content (AvgIpc) is 2.13. The highest BCUT2D eigenvalue weighted by Crippen LogP contribution is 2.05. The third-order valence-electron chi connectivity index (χ3n) is 1.81. The molecule has 0 aliphatic heterocycles. The van der Waals surface area contributed by atoms with Crippen LogP contribution < -0.4 is 11.1 Å². The van der Waals surface area contributed by atoms with Gasteiger partial charge in [-0.15, -0.1) is 6.58 Å². The van der Waals surface area contributed by atoms with E-state index in [1.807, 2.05) is 24.3 Å². The number of nitrogens with two attached hydrogens (primary N) is 1. The minimum Gasteiger partial charge on any atom is -0.399 e. The first-order valence-corrected chi connectivity index (χ1v) is 4.49. The highest BCUT2D eigenvalue weighted by atomic mass is 14.8. The van der Waals surface area contributed by atoms with Crippen molar-refractivity contribution in [2.45, 2.75) is 13.0 Å². The molecule has 0 saturated carbocycles. The molecule has 1 rings (SSSR count). The van der Waals surface area contributed by atoms with Gasteiger partial charge >= 0.3 is 0 Å². The summed E-state index contributed by atoms with van der Waals surface area (Å²) in [5.74, 6) is 0. The van der Waals surface area contributed by atoms with Crippen LogP contribution in [0.3, 0.4) is 0 Å². The second-order valence-electron chi connectivity index (χ2n) is 3.00. The molecule has 0 spiro atoms. The fourth-order valence-corrected chi connectivity index (χ4v) is 1.14. The van der Waals surface area contributed by atoms with Crippen LogP contribution in [-0.2, 0) is 6.54 Å². The number of anilines is 1. The van der Waals surface area contributed by atoms with E-state index in [0.717, 1.165) is 25.2 Å². The summed E-state index contributed by atoms with van der Waals surface area (Å²) in [7, 11) is 0. The number of nitrogen functional groups attached to an aromatic ring is 1. The molecule has 1 aromatic carbocycles. The van der Waals surface area contributed by atoms with Gasteiger partial charge in [0.15, 0.2) is 0 Å². The molecule has 0 aliphatic carbocycles. The van der Waals surface area contributed by atoms with Gasteiger partial charge in [0.2, 0.25) is 0 Å². The number of benzene rings is 1. The van der Waals surface area contributed by atoms with Gasteiger partial charge in [0.05, 0.1) is 0 Å². The van der Waals surface area contributed by atoms with E-state index in [1.165, 1.54) is 5.56 Å². The summed E-state index contributed by atoms with van der Waals surface area (Å²) in [5.41, 5.74) is 7.69. The highest BCUT2D eigenvalue weighted by Gasteiger charge is 1.91. The van der Waals surface area contributed by atoms with Crippen molar-refractivity contribution in [3.8, 4) is 0 Å². The molecule has 3 N–H and O–H groups in total. The Kier molecular flexibility index (Phi) is 4.06. The number of hydrogen-bond donors (Lipinski definition) is 2. The quantitative estimate of drug-likeness (QED) is 0.409. The van der Waals surface area contributed by atoms with Gasteiger partial charge in [-0.25, -0.2) is 0 Å². The maximum atomic E-state index is 5.65. The van der Waals surface area contributed by atoms with E-state index >= 15 is 0 Å². The fraction of sp³-hybridized carbons (Fsp3) is 0.273. The fourth-order valence-electron chi connectivity index (χ4n) is 1.14. The normalized spacial score (nSPS) is 9.85. The summed E-state index contributed by atoms with van der Waals surface area (Å²) in [6.45, 7) is 5.50. The molecular formula is C11H16N2. The van der Waals surface area contributed by atoms with Crippen molar-refractivity contribution in [1.82, 2.24) is 5.32 Å². The van der Waals surface area contributed by atoms with Crippen LogP contribution in [0.5, 0.6) is 0 Å². The van der Waals surface area contributed by atoms with Gasteiger partial charge in [-0.3, -0.25) is 0 Å². The molecule has 2 heteroatoms. The third-order valence-corrected chi connectivity index (χ3v) is 1.81. The third kappa shape index (κ3) is 3.76. The molecule has 13 heavy (non-hydrogen) atoms. The zero-order valence-electron chi connectivity index (χ0n) is 7.79. The summed E-state index contributed by atoms with van der Waals surface area (Å²) in [5, 5.41) is 3.30. The van der Waals surface area contributed by atoms with E-state index in [9.17, 15) is 0 Å². The second-order valence-corrected chi connectivity index (χ2v) is 3.00. The molecule has 0 bridgehead atoms. The molecule has 0 aromatic heterocycles. The van der Waals surface area contributed by atoms with E-state index < -0.39 is 0 Å². The molecule has 2 nitrogen and oxygen atoms in total. The number of rotatable bonds is 5. The maximum Gasteiger partial charge on any atom is 0.0317 e. The van der Waals surface area contributed by atoms with Crippen LogP contribution in [0.1, 0.15) is 12.0 Å². The van der Waals surface area contributed by atoms with Crippen LogP contribution in [0.25, 0.3) is 0 Å². The Morgan fingerprint density at radius 2 is 2.31 bits per heavy atom. The first-order chi connectivity index (χ1) is 6.33. The van der Waals surface area contributed by atoms with Gasteiger partial charge in [0, 0.05) is 12.2 Å². The lowest BCUT2D eigenvalue weighted by Gasteiger charge is -2.03. The zero-order valence-corrected chi connectivity index (χ0v) is 7.79. The van der Waals surface area contributed by atoms with Crippen LogP contribution in [0.4, 0.5) is 5.69 Å². The maximum absolute atomic E-state index is 5.65. The minimum atomic E-state index is 0.822. The summed E-state index contributed by atoms with van der Waals surface area (Å²) in [6.07, 6.45) is 2.91. The van der Waals surface area contributed by atoms with Crippen molar-refractivity contribution in [1.29, 1.82) is 0 Å². The van der Waals surface area contributed by atoms with Gasteiger partial charge in [0.1, 0.15) is 0 Å². The molecule has 0 heterocycles. The Hall–Kier alpha value is -1.28. The first kappa shape index (κ1) is 9.81. The Labute approximate surface area is 79.5 Å². The van der Waals surface area contributed by atoms with Gasteiger partial charge in [-0.1, -0.05) is 18.2 Å². The van der Waals surface area contributed by atoms with Crippen LogP contribution in [0.15, 0.2) is 36.9 Å². The van der Waals surface area contributed by atoms with Crippen LogP contribution in [-0.4, -0.2) is 6.54 Å². The summed E-state index contributed by atoms with van der Waals surface area (Å²) >= 11 is 0. The lowest BCUT2D eigenvalue weighted by Crippen LogP contribution is -2.13. The second kappa shape index (κ2) is 5.38. The topological polar surface area (TPSA) is 38.0 Å².